The van der Waals surface area contributed by atoms with Crippen molar-refractivity contribution in [2.75, 3.05) is 7.11 Å². The van der Waals surface area contributed by atoms with Crippen molar-refractivity contribution >= 4 is 5.91 Å². The summed E-state index contributed by atoms with van der Waals surface area (Å²) in [5, 5.41) is 0. The third-order valence-electron chi connectivity index (χ3n) is 4.80. The lowest BCUT2D eigenvalue weighted by molar-refractivity contribution is -0.134. The molecule has 2 aromatic carbocycles. The summed E-state index contributed by atoms with van der Waals surface area (Å²) in [6.07, 6.45) is 2.40. The predicted octanol–water partition coefficient (Wildman–Crippen LogP) is 3.74. The Morgan fingerprint density at radius 2 is 1.88 bits per heavy atom. The number of hydrogen-bond acceptors (Lipinski definition) is 2. The van der Waals surface area contributed by atoms with Crippen LogP contribution in [-0.2, 0) is 35.5 Å². The molecule has 3 nitrogen and oxygen atoms in total. The monoisotopic (exact) mass is 323 g/mol. The zero-order valence-corrected chi connectivity index (χ0v) is 14.5. The molecular weight excluding hydrogens is 298 g/mol. The van der Waals surface area contributed by atoms with Gasteiger partial charge in [0.15, 0.2) is 0 Å². The van der Waals surface area contributed by atoms with Gasteiger partial charge in [0.25, 0.3) is 0 Å². The molecule has 24 heavy (non-hydrogen) atoms. The van der Waals surface area contributed by atoms with Crippen molar-refractivity contribution in [3.63, 3.8) is 0 Å². The number of benzene rings is 2. The normalized spacial score (nSPS) is 16.8. The van der Waals surface area contributed by atoms with Crippen molar-refractivity contribution in [3.8, 4) is 0 Å². The summed E-state index contributed by atoms with van der Waals surface area (Å²) < 4.78 is 5.18. The van der Waals surface area contributed by atoms with E-state index in [0.717, 1.165) is 30.5 Å². The van der Waals surface area contributed by atoms with E-state index in [0.29, 0.717) is 19.1 Å². The minimum atomic E-state index is 0.214. The first-order valence-corrected chi connectivity index (χ1v) is 8.64. The van der Waals surface area contributed by atoms with Crippen LogP contribution >= 0.6 is 0 Å². The minimum absolute atomic E-state index is 0.214. The average Bonchev–Trinajstić information content (AvgIpc) is 2.61. The van der Waals surface area contributed by atoms with Crippen LogP contribution in [0.2, 0.25) is 0 Å². The molecule has 1 heterocycles. The van der Waals surface area contributed by atoms with Gasteiger partial charge in [-0.3, -0.25) is 4.79 Å². The molecule has 126 valence electrons. The van der Waals surface area contributed by atoms with Gasteiger partial charge in [-0.25, -0.2) is 0 Å². The zero-order valence-electron chi connectivity index (χ0n) is 14.5. The van der Waals surface area contributed by atoms with Crippen molar-refractivity contribution in [2.45, 2.75) is 45.4 Å². The van der Waals surface area contributed by atoms with Gasteiger partial charge in [0, 0.05) is 19.7 Å². The van der Waals surface area contributed by atoms with Crippen LogP contribution in [-0.4, -0.2) is 24.0 Å². The summed E-state index contributed by atoms with van der Waals surface area (Å²) in [6, 6.07) is 16.9. The van der Waals surface area contributed by atoms with Gasteiger partial charge >= 0.3 is 0 Å². The van der Waals surface area contributed by atoms with E-state index in [2.05, 4.69) is 42.2 Å². The van der Waals surface area contributed by atoms with E-state index in [9.17, 15) is 4.79 Å². The van der Waals surface area contributed by atoms with E-state index in [-0.39, 0.29) is 5.91 Å². The summed E-state index contributed by atoms with van der Waals surface area (Å²) in [7, 11) is 1.69. The number of hydrogen-bond donors (Lipinski definition) is 0. The number of fused-ring (bicyclic) bond motifs is 1. The Morgan fingerprint density at radius 3 is 2.62 bits per heavy atom. The molecule has 0 saturated carbocycles. The molecule has 3 heteroatoms. The lowest BCUT2D eigenvalue weighted by atomic mass is 9.92. The standard InChI is InChI=1S/C21H25NO2/c1-3-20-13-18-9-4-5-10-19(18)14-22(20)21(23)12-16-7-6-8-17(11-16)15-24-2/h4-11,20H,3,12-15H2,1-2H3. The zero-order chi connectivity index (χ0) is 16.9. The van der Waals surface area contributed by atoms with Gasteiger partial charge in [-0.15, -0.1) is 0 Å². The fourth-order valence-electron chi connectivity index (χ4n) is 3.52. The molecule has 0 fully saturated rings. The number of carbonyl (C=O) groups is 1. The number of methoxy groups -OCH3 is 1. The Balaban J connectivity index is 1.75. The Bertz CT molecular complexity index is 710. The number of nitrogens with zero attached hydrogens (tertiary/aromatic N) is 1. The second-order valence-electron chi connectivity index (χ2n) is 6.49. The number of amides is 1. The first kappa shape index (κ1) is 16.7. The molecule has 1 unspecified atom stereocenters. The second-order valence-corrected chi connectivity index (χ2v) is 6.49. The summed E-state index contributed by atoms with van der Waals surface area (Å²) in [5.41, 5.74) is 4.83. The SMILES string of the molecule is CCC1Cc2ccccc2CN1C(=O)Cc1cccc(COC)c1. The highest BCUT2D eigenvalue weighted by Gasteiger charge is 2.28. The number of rotatable bonds is 5. The van der Waals surface area contributed by atoms with E-state index in [1.54, 1.807) is 7.11 Å². The van der Waals surface area contributed by atoms with Crippen molar-refractivity contribution in [2.24, 2.45) is 0 Å². The molecule has 1 aliphatic heterocycles. The third-order valence-corrected chi connectivity index (χ3v) is 4.80. The van der Waals surface area contributed by atoms with Gasteiger partial charge in [0.1, 0.15) is 0 Å². The van der Waals surface area contributed by atoms with Crippen molar-refractivity contribution in [1.82, 2.24) is 4.90 Å². The molecule has 2 aromatic rings. The van der Waals surface area contributed by atoms with Crippen LogP contribution < -0.4 is 0 Å². The van der Waals surface area contributed by atoms with Gasteiger partial charge in [0.05, 0.1) is 13.0 Å². The van der Waals surface area contributed by atoms with E-state index in [4.69, 9.17) is 4.74 Å². The maximum Gasteiger partial charge on any atom is 0.227 e. The van der Waals surface area contributed by atoms with Gasteiger partial charge in [-0.2, -0.15) is 0 Å². The molecule has 1 aliphatic rings. The highest BCUT2D eigenvalue weighted by molar-refractivity contribution is 5.79. The van der Waals surface area contributed by atoms with Crippen LogP contribution in [0.15, 0.2) is 48.5 Å². The fourth-order valence-corrected chi connectivity index (χ4v) is 3.52. The quantitative estimate of drug-likeness (QED) is 0.839. The summed E-state index contributed by atoms with van der Waals surface area (Å²) >= 11 is 0. The maximum absolute atomic E-state index is 12.9. The maximum atomic E-state index is 12.9. The molecule has 1 amide bonds. The smallest absolute Gasteiger partial charge is 0.227 e. The van der Waals surface area contributed by atoms with Crippen LogP contribution in [0, 0.1) is 0 Å². The molecule has 0 aromatic heterocycles. The Kier molecular flexibility index (Phi) is 5.31. The van der Waals surface area contributed by atoms with Crippen LogP contribution in [0.5, 0.6) is 0 Å². The predicted molar refractivity (Wildman–Crippen MR) is 95.6 cm³/mol. The van der Waals surface area contributed by atoms with E-state index < -0.39 is 0 Å². The van der Waals surface area contributed by atoms with Crippen LogP contribution in [0.4, 0.5) is 0 Å². The summed E-state index contributed by atoms with van der Waals surface area (Å²) in [5.74, 6) is 0.214. The molecule has 0 bridgehead atoms. The van der Waals surface area contributed by atoms with Crippen LogP contribution in [0.1, 0.15) is 35.6 Å². The van der Waals surface area contributed by atoms with Gasteiger partial charge < -0.3 is 9.64 Å². The van der Waals surface area contributed by atoms with Crippen molar-refractivity contribution < 1.29 is 9.53 Å². The Morgan fingerprint density at radius 1 is 1.12 bits per heavy atom. The molecule has 3 rings (SSSR count). The highest BCUT2D eigenvalue weighted by atomic mass is 16.5. The summed E-state index contributed by atoms with van der Waals surface area (Å²) in [4.78, 5) is 15.0. The second kappa shape index (κ2) is 7.63. The van der Waals surface area contributed by atoms with E-state index in [1.807, 2.05) is 18.2 Å². The third kappa shape index (κ3) is 3.68. The molecule has 0 radical (unpaired) electrons. The molecule has 0 saturated heterocycles. The van der Waals surface area contributed by atoms with E-state index in [1.165, 1.54) is 11.1 Å². The number of carbonyl (C=O) groups excluding carboxylic acids is 1. The minimum Gasteiger partial charge on any atom is -0.380 e. The van der Waals surface area contributed by atoms with Crippen LogP contribution in [0.25, 0.3) is 0 Å². The largest absolute Gasteiger partial charge is 0.380 e. The molecular formula is C21H25NO2. The number of ether oxygens (including phenoxy) is 1. The van der Waals surface area contributed by atoms with Crippen LogP contribution in [0.3, 0.4) is 0 Å². The Hall–Kier alpha value is -2.13. The van der Waals surface area contributed by atoms with Gasteiger partial charge in [-0.1, -0.05) is 55.5 Å². The van der Waals surface area contributed by atoms with Crippen molar-refractivity contribution in [1.29, 1.82) is 0 Å². The lowest BCUT2D eigenvalue weighted by Gasteiger charge is -2.36. The first-order valence-electron chi connectivity index (χ1n) is 8.64. The molecule has 1 atom stereocenters. The topological polar surface area (TPSA) is 29.5 Å². The van der Waals surface area contributed by atoms with Gasteiger partial charge in [0.2, 0.25) is 5.91 Å². The van der Waals surface area contributed by atoms with Gasteiger partial charge in [-0.05, 0) is 35.1 Å². The lowest BCUT2D eigenvalue weighted by Crippen LogP contribution is -2.44. The summed E-state index contributed by atoms with van der Waals surface area (Å²) in [6.45, 7) is 3.47. The first-order chi connectivity index (χ1) is 11.7. The Labute approximate surface area is 144 Å². The molecule has 0 N–H and O–H groups in total. The highest BCUT2D eigenvalue weighted by Crippen LogP contribution is 2.25. The van der Waals surface area contributed by atoms with E-state index >= 15 is 0 Å². The molecule has 0 aliphatic carbocycles. The average molecular weight is 323 g/mol. The molecule has 0 spiro atoms. The van der Waals surface area contributed by atoms with Crippen molar-refractivity contribution in [3.05, 3.63) is 70.8 Å². The fraction of sp³-hybridized carbons (Fsp3) is 0.381.